The number of aliphatic hydroxyl groups is 1. The molecule has 0 aromatic heterocycles. The summed E-state index contributed by atoms with van der Waals surface area (Å²) in [6.45, 7) is 8.24. The van der Waals surface area contributed by atoms with E-state index in [1.165, 1.54) is 0 Å². The van der Waals surface area contributed by atoms with E-state index in [2.05, 4.69) is 33.0 Å². The van der Waals surface area contributed by atoms with Crippen LogP contribution in [0.4, 0.5) is 0 Å². The highest BCUT2D eigenvalue weighted by molar-refractivity contribution is 4.82. The van der Waals surface area contributed by atoms with E-state index in [0.29, 0.717) is 0 Å². The summed E-state index contributed by atoms with van der Waals surface area (Å²) in [5, 5.41) is 12.9. The van der Waals surface area contributed by atoms with Crippen molar-refractivity contribution in [3.8, 4) is 0 Å². The van der Waals surface area contributed by atoms with Gasteiger partial charge in [-0.2, -0.15) is 0 Å². The van der Waals surface area contributed by atoms with E-state index in [-0.39, 0.29) is 17.6 Å². The van der Waals surface area contributed by atoms with Crippen molar-refractivity contribution in [1.82, 2.24) is 5.32 Å². The average molecular weight is 159 g/mol. The van der Waals surface area contributed by atoms with Gasteiger partial charge in [-0.25, -0.2) is 0 Å². The second-order valence-corrected chi connectivity index (χ2v) is 4.11. The molecule has 68 valence electrons. The van der Waals surface area contributed by atoms with Crippen molar-refractivity contribution in [2.45, 2.75) is 46.3 Å². The fourth-order valence-electron chi connectivity index (χ4n) is 1.19. The number of hydrogen-bond acceptors (Lipinski definition) is 2. The van der Waals surface area contributed by atoms with Crippen LogP contribution >= 0.6 is 0 Å². The minimum atomic E-state index is -0.266. The summed E-state index contributed by atoms with van der Waals surface area (Å²) in [7, 11) is 1.89. The maximum Gasteiger partial charge on any atom is 0.0741 e. The smallest absolute Gasteiger partial charge is 0.0741 e. The van der Waals surface area contributed by atoms with Gasteiger partial charge in [-0.3, -0.25) is 0 Å². The van der Waals surface area contributed by atoms with Crippen molar-refractivity contribution in [2.75, 3.05) is 7.05 Å². The molecule has 0 spiro atoms. The lowest BCUT2D eigenvalue weighted by Gasteiger charge is -2.32. The third kappa shape index (κ3) is 3.21. The molecule has 11 heavy (non-hydrogen) atoms. The van der Waals surface area contributed by atoms with Gasteiger partial charge in [0, 0.05) is 6.04 Å². The maximum atomic E-state index is 9.78. The van der Waals surface area contributed by atoms with E-state index in [4.69, 9.17) is 0 Å². The molecule has 2 atom stereocenters. The van der Waals surface area contributed by atoms with Crippen LogP contribution in [0.15, 0.2) is 0 Å². The zero-order valence-corrected chi connectivity index (χ0v) is 8.31. The largest absolute Gasteiger partial charge is 0.391 e. The molecule has 0 bridgehead atoms. The first kappa shape index (κ1) is 10.9. The van der Waals surface area contributed by atoms with Gasteiger partial charge in [0.15, 0.2) is 0 Å². The number of likely N-dealkylation sites (N-methyl/N-ethyl adjacent to an activating group) is 1. The van der Waals surface area contributed by atoms with Gasteiger partial charge in [0.2, 0.25) is 0 Å². The Morgan fingerprint density at radius 1 is 1.36 bits per heavy atom. The van der Waals surface area contributed by atoms with E-state index in [0.717, 1.165) is 6.42 Å². The van der Waals surface area contributed by atoms with Crippen LogP contribution in [0.5, 0.6) is 0 Å². The molecule has 0 aliphatic rings. The third-order valence-electron chi connectivity index (χ3n) is 2.08. The molecule has 0 rings (SSSR count). The highest BCUT2D eigenvalue weighted by atomic mass is 16.3. The van der Waals surface area contributed by atoms with Crippen LogP contribution in [0.25, 0.3) is 0 Å². The first-order valence-corrected chi connectivity index (χ1v) is 4.28. The Bertz CT molecular complexity index is 103. The quantitative estimate of drug-likeness (QED) is 0.652. The standard InChI is InChI=1S/C9H21NO/c1-6-7(10-5)8(11)9(2,3)4/h7-8,10-11H,6H2,1-5H3. The zero-order chi connectivity index (χ0) is 9.07. The van der Waals surface area contributed by atoms with Crippen LogP contribution in [0, 0.1) is 5.41 Å². The number of nitrogens with one attached hydrogen (secondary N) is 1. The van der Waals surface area contributed by atoms with Crippen LogP contribution in [0.1, 0.15) is 34.1 Å². The Morgan fingerprint density at radius 3 is 1.91 bits per heavy atom. The molecule has 2 N–H and O–H groups in total. The van der Waals surface area contributed by atoms with E-state index in [1.54, 1.807) is 0 Å². The lowest BCUT2D eigenvalue weighted by atomic mass is 9.84. The van der Waals surface area contributed by atoms with E-state index in [9.17, 15) is 5.11 Å². The monoisotopic (exact) mass is 159 g/mol. The average Bonchev–Trinajstić information content (AvgIpc) is 1.88. The van der Waals surface area contributed by atoms with Crippen molar-refractivity contribution in [3.63, 3.8) is 0 Å². The molecule has 2 nitrogen and oxygen atoms in total. The first-order valence-electron chi connectivity index (χ1n) is 4.28. The molecule has 0 aromatic rings. The molecular formula is C9H21NO. The fraction of sp³-hybridized carbons (Fsp3) is 1.00. The molecule has 0 fully saturated rings. The van der Waals surface area contributed by atoms with Gasteiger partial charge in [-0.05, 0) is 18.9 Å². The van der Waals surface area contributed by atoms with Gasteiger partial charge in [-0.15, -0.1) is 0 Å². The van der Waals surface area contributed by atoms with Gasteiger partial charge in [0.1, 0.15) is 0 Å². The van der Waals surface area contributed by atoms with Crippen molar-refractivity contribution in [1.29, 1.82) is 0 Å². The summed E-state index contributed by atoms with van der Waals surface area (Å²) in [6, 6.07) is 0.218. The lowest BCUT2D eigenvalue weighted by Crippen LogP contribution is -2.44. The van der Waals surface area contributed by atoms with E-state index < -0.39 is 0 Å². The van der Waals surface area contributed by atoms with E-state index in [1.807, 2.05) is 7.05 Å². The Kier molecular flexibility index (Phi) is 4.04. The predicted molar refractivity (Wildman–Crippen MR) is 48.6 cm³/mol. The summed E-state index contributed by atoms with van der Waals surface area (Å²) in [5.41, 5.74) is -0.0241. The SMILES string of the molecule is CCC(NC)C(O)C(C)(C)C. The molecule has 0 radical (unpaired) electrons. The Hall–Kier alpha value is -0.0800. The summed E-state index contributed by atoms with van der Waals surface area (Å²) < 4.78 is 0. The van der Waals surface area contributed by atoms with Gasteiger partial charge in [0.25, 0.3) is 0 Å². The molecule has 0 aliphatic carbocycles. The van der Waals surface area contributed by atoms with Crippen LogP contribution in [-0.2, 0) is 0 Å². The van der Waals surface area contributed by atoms with Crippen molar-refractivity contribution in [2.24, 2.45) is 5.41 Å². The van der Waals surface area contributed by atoms with Crippen LogP contribution in [0.3, 0.4) is 0 Å². The molecule has 0 saturated carbocycles. The number of aliphatic hydroxyl groups excluding tert-OH is 1. The van der Waals surface area contributed by atoms with Gasteiger partial charge in [0.05, 0.1) is 6.10 Å². The topological polar surface area (TPSA) is 32.3 Å². The highest BCUT2D eigenvalue weighted by Gasteiger charge is 2.27. The Balaban J connectivity index is 4.09. The highest BCUT2D eigenvalue weighted by Crippen LogP contribution is 2.22. The van der Waals surface area contributed by atoms with Crippen LogP contribution in [0.2, 0.25) is 0 Å². The Labute approximate surface area is 70.0 Å². The molecule has 0 saturated heterocycles. The van der Waals surface area contributed by atoms with Crippen molar-refractivity contribution >= 4 is 0 Å². The minimum absolute atomic E-state index is 0.0241. The number of hydrogen-bond donors (Lipinski definition) is 2. The van der Waals surface area contributed by atoms with Crippen LogP contribution in [-0.4, -0.2) is 24.3 Å². The molecule has 2 unspecified atom stereocenters. The van der Waals surface area contributed by atoms with Crippen molar-refractivity contribution in [3.05, 3.63) is 0 Å². The molecule has 2 heteroatoms. The Morgan fingerprint density at radius 2 is 1.82 bits per heavy atom. The maximum absolute atomic E-state index is 9.78. The normalized spacial score (nSPS) is 18.0. The second-order valence-electron chi connectivity index (χ2n) is 4.11. The summed E-state index contributed by atoms with van der Waals surface area (Å²) >= 11 is 0. The van der Waals surface area contributed by atoms with Crippen LogP contribution < -0.4 is 5.32 Å². The third-order valence-corrected chi connectivity index (χ3v) is 2.08. The molecular weight excluding hydrogens is 138 g/mol. The van der Waals surface area contributed by atoms with E-state index >= 15 is 0 Å². The molecule has 0 aliphatic heterocycles. The van der Waals surface area contributed by atoms with Gasteiger partial charge in [-0.1, -0.05) is 27.7 Å². The molecule has 0 amide bonds. The fourth-order valence-corrected chi connectivity index (χ4v) is 1.19. The summed E-state index contributed by atoms with van der Waals surface area (Å²) in [6.07, 6.45) is 0.701. The van der Waals surface area contributed by atoms with Gasteiger partial charge >= 0.3 is 0 Å². The first-order chi connectivity index (χ1) is 4.93. The lowest BCUT2D eigenvalue weighted by molar-refractivity contribution is 0.0301. The minimum Gasteiger partial charge on any atom is -0.391 e. The zero-order valence-electron chi connectivity index (χ0n) is 8.31. The summed E-state index contributed by atoms with van der Waals surface area (Å²) in [5.74, 6) is 0. The van der Waals surface area contributed by atoms with Crippen molar-refractivity contribution < 1.29 is 5.11 Å². The van der Waals surface area contributed by atoms with Gasteiger partial charge < -0.3 is 10.4 Å². The predicted octanol–water partition coefficient (Wildman–Crippen LogP) is 1.39. The molecule has 0 heterocycles. The number of rotatable bonds is 3. The second kappa shape index (κ2) is 4.07. The molecule has 0 aromatic carbocycles. The summed E-state index contributed by atoms with van der Waals surface area (Å²) in [4.78, 5) is 0.